The molecule has 23 heavy (non-hydrogen) atoms. The van der Waals surface area contributed by atoms with Gasteiger partial charge in [-0.3, -0.25) is 4.98 Å². The molecule has 1 aromatic carbocycles. The van der Waals surface area contributed by atoms with Crippen LogP contribution < -0.4 is 5.32 Å². The van der Waals surface area contributed by atoms with Crippen LogP contribution in [-0.4, -0.2) is 22.5 Å². The predicted molar refractivity (Wildman–Crippen MR) is 83.6 cm³/mol. The number of nitrogens with one attached hydrogen (secondary N) is 1. The Bertz CT molecular complexity index is 644. The van der Waals surface area contributed by atoms with Gasteiger partial charge in [0.1, 0.15) is 11.6 Å². The Hall–Kier alpha value is -2.50. The Balaban J connectivity index is 2.07. The Morgan fingerprint density at radius 1 is 1.22 bits per heavy atom. The van der Waals surface area contributed by atoms with Gasteiger partial charge in [0.15, 0.2) is 0 Å². The van der Waals surface area contributed by atoms with E-state index in [0.29, 0.717) is 6.54 Å². The molecule has 2 amide bonds. The number of urea groups is 1. The smallest absolute Gasteiger partial charge is 0.318 e. The molecule has 0 saturated heterocycles. The normalized spacial score (nSPS) is 11.8. The largest absolute Gasteiger partial charge is 0.331 e. The molecule has 2 rings (SSSR count). The third-order valence-corrected chi connectivity index (χ3v) is 3.63. The SMILES string of the molecule is CCN(Cc1c(F)cccc1F)C(=O)N[C@H](C)c1ccncc1. The van der Waals surface area contributed by atoms with E-state index in [1.54, 1.807) is 31.5 Å². The molecular weight excluding hydrogens is 300 g/mol. The van der Waals surface area contributed by atoms with E-state index in [9.17, 15) is 13.6 Å². The van der Waals surface area contributed by atoms with Gasteiger partial charge in [-0.1, -0.05) is 6.07 Å². The van der Waals surface area contributed by atoms with Crippen molar-refractivity contribution in [2.45, 2.75) is 26.4 Å². The molecule has 0 radical (unpaired) electrons. The minimum absolute atomic E-state index is 0.110. The van der Waals surface area contributed by atoms with E-state index in [1.165, 1.54) is 23.1 Å². The van der Waals surface area contributed by atoms with Gasteiger partial charge in [0.2, 0.25) is 0 Å². The van der Waals surface area contributed by atoms with Crippen molar-refractivity contribution in [3.63, 3.8) is 0 Å². The molecule has 0 unspecified atom stereocenters. The van der Waals surface area contributed by atoms with E-state index in [2.05, 4.69) is 10.3 Å². The van der Waals surface area contributed by atoms with Crippen LogP contribution in [0.1, 0.15) is 31.0 Å². The molecule has 1 heterocycles. The number of nitrogens with zero attached hydrogens (tertiary/aromatic N) is 2. The molecule has 1 atom stereocenters. The van der Waals surface area contributed by atoms with Crippen molar-refractivity contribution in [2.24, 2.45) is 0 Å². The van der Waals surface area contributed by atoms with Gasteiger partial charge in [0.05, 0.1) is 12.6 Å². The van der Waals surface area contributed by atoms with Gasteiger partial charge >= 0.3 is 6.03 Å². The molecule has 4 nitrogen and oxygen atoms in total. The minimum Gasteiger partial charge on any atom is -0.331 e. The number of hydrogen-bond donors (Lipinski definition) is 1. The Kier molecular flexibility index (Phi) is 5.62. The van der Waals surface area contributed by atoms with E-state index in [-0.39, 0.29) is 24.2 Å². The van der Waals surface area contributed by atoms with Crippen LogP contribution in [0.2, 0.25) is 0 Å². The summed E-state index contributed by atoms with van der Waals surface area (Å²) in [4.78, 5) is 17.6. The number of rotatable bonds is 5. The summed E-state index contributed by atoms with van der Waals surface area (Å²) in [6.07, 6.45) is 3.29. The number of benzene rings is 1. The maximum absolute atomic E-state index is 13.7. The summed E-state index contributed by atoms with van der Waals surface area (Å²) < 4.78 is 27.5. The number of hydrogen-bond acceptors (Lipinski definition) is 2. The lowest BCUT2D eigenvalue weighted by Gasteiger charge is -2.24. The van der Waals surface area contributed by atoms with Gasteiger partial charge < -0.3 is 10.2 Å². The highest BCUT2D eigenvalue weighted by Crippen LogP contribution is 2.16. The number of amides is 2. The molecule has 1 aromatic heterocycles. The maximum atomic E-state index is 13.7. The fourth-order valence-corrected chi connectivity index (χ4v) is 2.21. The van der Waals surface area contributed by atoms with Crippen LogP contribution in [0.5, 0.6) is 0 Å². The first-order valence-corrected chi connectivity index (χ1v) is 7.41. The second-order valence-corrected chi connectivity index (χ2v) is 5.17. The van der Waals surface area contributed by atoms with Crippen LogP contribution >= 0.6 is 0 Å². The molecular formula is C17H19F2N3O. The van der Waals surface area contributed by atoms with Gasteiger partial charge in [0.25, 0.3) is 0 Å². The molecule has 0 bridgehead atoms. The van der Waals surface area contributed by atoms with E-state index in [1.807, 2.05) is 6.92 Å². The van der Waals surface area contributed by atoms with Crippen molar-refractivity contribution in [2.75, 3.05) is 6.54 Å². The second-order valence-electron chi connectivity index (χ2n) is 5.17. The molecule has 6 heteroatoms. The molecule has 0 spiro atoms. The van der Waals surface area contributed by atoms with Crippen molar-refractivity contribution >= 4 is 6.03 Å². The standard InChI is InChI=1S/C17H19F2N3O/c1-3-22(11-14-15(18)5-4-6-16(14)19)17(23)21-12(2)13-7-9-20-10-8-13/h4-10,12H,3,11H2,1-2H3,(H,21,23)/t12-/m1/s1. The molecule has 0 fully saturated rings. The van der Waals surface area contributed by atoms with Crippen LogP contribution in [0, 0.1) is 11.6 Å². The molecule has 1 N–H and O–H groups in total. The number of carbonyl (C=O) groups excluding carboxylic acids is 1. The highest BCUT2D eigenvalue weighted by atomic mass is 19.1. The number of aromatic nitrogens is 1. The second kappa shape index (κ2) is 7.67. The average molecular weight is 319 g/mol. The minimum atomic E-state index is -0.654. The first-order valence-electron chi connectivity index (χ1n) is 7.41. The van der Waals surface area contributed by atoms with E-state index in [4.69, 9.17) is 0 Å². The molecule has 0 saturated carbocycles. The number of carbonyl (C=O) groups is 1. The Morgan fingerprint density at radius 2 is 1.83 bits per heavy atom. The van der Waals surface area contributed by atoms with E-state index < -0.39 is 11.6 Å². The highest BCUT2D eigenvalue weighted by Gasteiger charge is 2.19. The summed E-state index contributed by atoms with van der Waals surface area (Å²) in [5.74, 6) is -1.31. The van der Waals surface area contributed by atoms with Crippen LogP contribution in [0.15, 0.2) is 42.7 Å². The lowest BCUT2D eigenvalue weighted by Crippen LogP contribution is -2.40. The van der Waals surface area contributed by atoms with Crippen molar-refractivity contribution in [3.05, 3.63) is 65.5 Å². The quantitative estimate of drug-likeness (QED) is 0.914. The zero-order chi connectivity index (χ0) is 16.8. The summed E-state index contributed by atoms with van der Waals surface area (Å²) >= 11 is 0. The first-order chi connectivity index (χ1) is 11.0. The summed E-state index contributed by atoms with van der Waals surface area (Å²) in [5.41, 5.74) is 0.794. The van der Waals surface area contributed by atoms with Crippen molar-refractivity contribution in [1.82, 2.24) is 15.2 Å². The molecule has 0 aliphatic heterocycles. The lowest BCUT2D eigenvalue weighted by atomic mass is 10.1. The third kappa shape index (κ3) is 4.25. The van der Waals surface area contributed by atoms with Crippen molar-refractivity contribution in [3.8, 4) is 0 Å². The van der Waals surface area contributed by atoms with Crippen LogP contribution in [0.25, 0.3) is 0 Å². The van der Waals surface area contributed by atoms with Gasteiger partial charge in [-0.15, -0.1) is 0 Å². The van der Waals surface area contributed by atoms with Gasteiger partial charge in [-0.25, -0.2) is 13.6 Å². The molecule has 0 aliphatic carbocycles. The maximum Gasteiger partial charge on any atom is 0.318 e. The summed E-state index contributed by atoms with van der Waals surface area (Å²) in [5, 5.41) is 2.82. The Labute approximate surface area is 134 Å². The summed E-state index contributed by atoms with van der Waals surface area (Å²) in [6.45, 7) is 3.81. The molecule has 0 aliphatic rings. The Morgan fingerprint density at radius 3 is 2.39 bits per heavy atom. The zero-order valence-electron chi connectivity index (χ0n) is 13.1. The molecule has 122 valence electrons. The predicted octanol–water partition coefficient (Wildman–Crippen LogP) is 3.65. The van der Waals surface area contributed by atoms with E-state index in [0.717, 1.165) is 5.56 Å². The van der Waals surface area contributed by atoms with Gasteiger partial charge in [-0.2, -0.15) is 0 Å². The van der Waals surface area contributed by atoms with Gasteiger partial charge in [-0.05, 0) is 43.7 Å². The van der Waals surface area contributed by atoms with Crippen LogP contribution in [-0.2, 0) is 6.54 Å². The average Bonchev–Trinajstić information content (AvgIpc) is 2.55. The van der Waals surface area contributed by atoms with Gasteiger partial charge in [0, 0.05) is 24.5 Å². The van der Waals surface area contributed by atoms with E-state index >= 15 is 0 Å². The fourth-order valence-electron chi connectivity index (χ4n) is 2.21. The molecule has 2 aromatic rings. The summed E-state index contributed by atoms with van der Waals surface area (Å²) in [7, 11) is 0. The zero-order valence-corrected chi connectivity index (χ0v) is 13.1. The summed E-state index contributed by atoms with van der Waals surface area (Å²) in [6, 6.07) is 6.67. The van der Waals surface area contributed by atoms with Crippen LogP contribution in [0.4, 0.5) is 13.6 Å². The monoisotopic (exact) mass is 319 g/mol. The van der Waals surface area contributed by atoms with Crippen LogP contribution in [0.3, 0.4) is 0 Å². The number of pyridine rings is 1. The van der Waals surface area contributed by atoms with Crippen molar-refractivity contribution in [1.29, 1.82) is 0 Å². The fraction of sp³-hybridized carbons (Fsp3) is 0.294. The highest BCUT2D eigenvalue weighted by molar-refractivity contribution is 5.74. The third-order valence-electron chi connectivity index (χ3n) is 3.63. The first kappa shape index (κ1) is 16.9. The lowest BCUT2D eigenvalue weighted by molar-refractivity contribution is 0.193. The number of halogens is 2. The van der Waals surface area contributed by atoms with Crippen molar-refractivity contribution < 1.29 is 13.6 Å². The topological polar surface area (TPSA) is 45.2 Å².